The Morgan fingerprint density at radius 3 is 1.75 bits per heavy atom. The van der Waals surface area contributed by atoms with Gasteiger partial charge in [0.25, 0.3) is 0 Å². The number of rotatable bonds is 9. The van der Waals surface area contributed by atoms with Gasteiger partial charge in [0.15, 0.2) is 0 Å². The normalized spacial score (nSPS) is 13.4. The maximum absolute atomic E-state index is 7.22. The Morgan fingerprint density at radius 1 is 0.521 bits per heavy atom. The van der Waals surface area contributed by atoms with E-state index in [0.717, 1.165) is 61.4 Å². The predicted octanol–water partition coefficient (Wildman–Crippen LogP) is 17.2. The summed E-state index contributed by atoms with van der Waals surface area (Å²) in [4.78, 5) is 9.59. The second-order valence-electron chi connectivity index (χ2n) is 22.4. The van der Waals surface area contributed by atoms with Crippen molar-refractivity contribution in [2.24, 2.45) is 5.41 Å². The topological polar surface area (TPSA) is 33.5 Å². The molecule has 0 unspecified atom stereocenters. The molecule has 5 nitrogen and oxygen atoms in total. The molecule has 0 saturated heterocycles. The number of allylic oxidation sites excluding steroid dienone is 1. The number of fused-ring (bicyclic) bond motifs is 3. The number of ether oxygens (including phenoxy) is 1. The van der Waals surface area contributed by atoms with Crippen LogP contribution in [0.1, 0.15) is 98.4 Å². The second-order valence-corrected chi connectivity index (χ2v) is 22.4. The molecule has 0 bridgehead atoms. The van der Waals surface area contributed by atoms with Gasteiger partial charge in [-0.3, -0.25) is 0 Å². The average molecular weight is 1110 g/mol. The van der Waals surface area contributed by atoms with E-state index in [1.807, 2.05) is 6.20 Å². The zero-order valence-electron chi connectivity index (χ0n) is 42.8. The minimum absolute atomic E-state index is 0. The van der Waals surface area contributed by atoms with Gasteiger partial charge >= 0.3 is 0 Å². The Morgan fingerprint density at radius 2 is 1.11 bits per heavy atom. The minimum atomic E-state index is -0.422. The molecule has 0 fully saturated rings. The molecule has 1 aliphatic heterocycles. The second kappa shape index (κ2) is 18.8. The molecule has 362 valence electrons. The fourth-order valence-electron chi connectivity index (χ4n) is 9.71. The molecule has 1 aliphatic rings. The Hall–Kier alpha value is -6.68. The summed E-state index contributed by atoms with van der Waals surface area (Å²) < 4.78 is 9.48. The summed E-state index contributed by atoms with van der Waals surface area (Å²) in [6.07, 6.45) is 4.21. The van der Waals surface area contributed by atoms with Crippen LogP contribution in [0, 0.1) is 24.2 Å². The summed E-state index contributed by atoms with van der Waals surface area (Å²) in [5, 5.41) is 2.27. The van der Waals surface area contributed by atoms with Crippen LogP contribution in [0.15, 0.2) is 182 Å². The summed E-state index contributed by atoms with van der Waals surface area (Å²) in [7, 11) is 0. The number of hydrogen-bond acceptors (Lipinski definition) is 4. The van der Waals surface area contributed by atoms with Crippen molar-refractivity contribution in [3.63, 3.8) is 0 Å². The van der Waals surface area contributed by atoms with Crippen molar-refractivity contribution in [2.75, 3.05) is 9.80 Å². The average Bonchev–Trinajstić information content (AvgIpc) is 3.95. The monoisotopic (exact) mass is 1110 g/mol. The maximum atomic E-state index is 7.22. The van der Waals surface area contributed by atoms with E-state index in [1.54, 1.807) is 0 Å². The van der Waals surface area contributed by atoms with Crippen molar-refractivity contribution < 1.29 is 25.8 Å². The van der Waals surface area contributed by atoms with Crippen LogP contribution in [0.4, 0.5) is 11.4 Å². The molecular formula is C65H63N4OPt-3. The Balaban J connectivity index is 0.00000624. The largest absolute Gasteiger partial charge is 0.509 e. The van der Waals surface area contributed by atoms with Gasteiger partial charge in [-0.1, -0.05) is 202 Å². The minimum Gasteiger partial charge on any atom is -0.509 e. The van der Waals surface area contributed by atoms with Crippen LogP contribution in [0.5, 0.6) is 11.5 Å². The van der Waals surface area contributed by atoms with Crippen molar-refractivity contribution in [2.45, 2.75) is 92.4 Å². The molecule has 6 heteroatoms. The maximum Gasteiger partial charge on any atom is 0.135 e. The molecule has 0 N–H and O–H groups in total. The van der Waals surface area contributed by atoms with Crippen molar-refractivity contribution in [1.29, 1.82) is 0 Å². The van der Waals surface area contributed by atoms with Gasteiger partial charge in [-0.2, -0.15) is 0 Å². The Bertz CT molecular complexity index is 3410. The van der Waals surface area contributed by atoms with E-state index >= 15 is 0 Å². The number of anilines is 2. The molecule has 0 amide bonds. The first-order chi connectivity index (χ1) is 33.3. The number of nitrogens with zero attached hydrogens (tertiary/aromatic N) is 4. The quantitative estimate of drug-likeness (QED) is 0.135. The van der Waals surface area contributed by atoms with Gasteiger partial charge in [-0.15, -0.1) is 53.8 Å². The van der Waals surface area contributed by atoms with Crippen LogP contribution in [0.25, 0.3) is 49.9 Å². The molecule has 0 atom stereocenters. The summed E-state index contributed by atoms with van der Waals surface area (Å²) in [6, 6.07) is 66.1. The number of benzene rings is 7. The van der Waals surface area contributed by atoms with Gasteiger partial charge in [0.1, 0.15) is 5.82 Å². The molecule has 0 radical (unpaired) electrons. The summed E-state index contributed by atoms with van der Waals surface area (Å²) in [5.41, 5.74) is 13.6. The molecule has 2 aromatic heterocycles. The SMILES string of the molecule is CC(C)(C)C1=CN(c2cc(-c3ccccc3)cc(C(C)(C)C)c2)[CH-]N1c1[c-]c(Oc2[c-]c3c(c(C(C)(C)c4ccccc4)c2)c2ccccc2n3-c2cc(C(C)(C)C)ccn2)cc(-c2ccccc2)c1.[Pt]. The van der Waals surface area contributed by atoms with Crippen LogP contribution >= 0.6 is 0 Å². The first kappa shape index (κ1) is 49.3. The third-order valence-corrected chi connectivity index (χ3v) is 13.8. The summed E-state index contributed by atoms with van der Waals surface area (Å²) >= 11 is 0. The standard InChI is InChI=1S/C65H63N4O.Pt/c1-62(2,3)49-31-32-66-60(38-49)69-57-30-22-21-29-55(57)61-56(65(10,11)48-27-19-14-20-28-48)40-54(41-58(61)69)70-53-36-47(45-25-17-13-18-26-45)35-52(39-53)68-43-67(42-59(68)64(7,8)9)51-34-46(44-23-15-12-16-24-44)33-50(37-51)63(4,5)6;/h12-38,40,42-43H,1-11H3;/q-3;. The van der Waals surface area contributed by atoms with Crippen LogP contribution in [0.3, 0.4) is 0 Å². The predicted molar refractivity (Wildman–Crippen MR) is 293 cm³/mol. The van der Waals surface area contributed by atoms with Gasteiger partial charge in [-0.25, -0.2) is 4.98 Å². The van der Waals surface area contributed by atoms with E-state index in [-0.39, 0.29) is 37.3 Å². The van der Waals surface area contributed by atoms with E-state index in [1.165, 1.54) is 27.8 Å². The third kappa shape index (κ3) is 9.74. The number of para-hydroxylation sites is 1. The van der Waals surface area contributed by atoms with Gasteiger partial charge in [0, 0.05) is 61.1 Å². The Kier molecular flexibility index (Phi) is 13.1. The molecule has 71 heavy (non-hydrogen) atoms. The van der Waals surface area contributed by atoms with Gasteiger partial charge in [-0.05, 0) is 91.5 Å². The molecule has 10 rings (SSSR count). The molecule has 0 saturated carbocycles. The van der Waals surface area contributed by atoms with E-state index in [9.17, 15) is 0 Å². The number of aromatic nitrogens is 2. The molecule has 9 aromatic rings. The van der Waals surface area contributed by atoms with E-state index in [2.05, 4.69) is 279 Å². The number of pyridine rings is 1. The summed E-state index contributed by atoms with van der Waals surface area (Å²) in [5.74, 6) is 2.03. The first-order valence-corrected chi connectivity index (χ1v) is 24.5. The Labute approximate surface area is 436 Å². The fraction of sp³-hybridized carbons (Fsp3) is 0.231. The van der Waals surface area contributed by atoms with Crippen LogP contribution in [0.2, 0.25) is 0 Å². The molecule has 0 aliphatic carbocycles. The zero-order chi connectivity index (χ0) is 49.2. The van der Waals surface area contributed by atoms with Crippen LogP contribution in [-0.4, -0.2) is 9.55 Å². The van der Waals surface area contributed by atoms with E-state index < -0.39 is 5.41 Å². The zero-order valence-corrected chi connectivity index (χ0v) is 45.1. The van der Waals surface area contributed by atoms with Gasteiger partial charge < -0.3 is 19.1 Å². The van der Waals surface area contributed by atoms with Crippen molar-refractivity contribution >= 4 is 33.2 Å². The van der Waals surface area contributed by atoms with Crippen molar-refractivity contribution in [3.8, 4) is 39.6 Å². The van der Waals surface area contributed by atoms with E-state index in [4.69, 9.17) is 9.72 Å². The molecule has 0 spiro atoms. The molecular weight excluding hydrogens is 1050 g/mol. The fourth-order valence-corrected chi connectivity index (χ4v) is 9.71. The first-order valence-electron chi connectivity index (χ1n) is 24.5. The van der Waals surface area contributed by atoms with Gasteiger partial charge in [0.2, 0.25) is 0 Å². The van der Waals surface area contributed by atoms with Crippen LogP contribution in [-0.2, 0) is 37.3 Å². The molecule has 7 aromatic carbocycles. The number of hydrogen-bond donors (Lipinski definition) is 0. The van der Waals surface area contributed by atoms with Crippen molar-refractivity contribution in [1.82, 2.24) is 9.55 Å². The van der Waals surface area contributed by atoms with Crippen molar-refractivity contribution in [3.05, 3.63) is 223 Å². The third-order valence-electron chi connectivity index (χ3n) is 13.8. The molecule has 3 heterocycles. The van der Waals surface area contributed by atoms with E-state index in [0.29, 0.717) is 11.5 Å². The van der Waals surface area contributed by atoms with Gasteiger partial charge in [0.05, 0.1) is 0 Å². The smallest absolute Gasteiger partial charge is 0.135 e. The summed E-state index contributed by atoms with van der Waals surface area (Å²) in [6.45, 7) is 27.2. The van der Waals surface area contributed by atoms with Crippen LogP contribution < -0.4 is 14.5 Å².